The fraction of sp³-hybridized carbons (Fsp3) is 0. The lowest BCUT2D eigenvalue weighted by atomic mass is 10.3. The lowest BCUT2D eigenvalue weighted by Gasteiger charge is -1.99. The van der Waals surface area contributed by atoms with Gasteiger partial charge in [-0.1, -0.05) is 11.8 Å². The molecule has 19 heavy (non-hydrogen) atoms. The van der Waals surface area contributed by atoms with E-state index in [1.165, 1.54) is 11.8 Å². The molecule has 0 radical (unpaired) electrons. The van der Waals surface area contributed by atoms with E-state index in [0.29, 0.717) is 11.8 Å². The minimum absolute atomic E-state index is 0.222. The Morgan fingerprint density at radius 3 is 3.05 bits per heavy atom. The molecule has 3 aromatic rings. The Morgan fingerprint density at radius 1 is 1.37 bits per heavy atom. The molecule has 0 fully saturated rings. The smallest absolute Gasteiger partial charge is 0.267 e. The Balaban J connectivity index is 1.95. The van der Waals surface area contributed by atoms with Crippen LogP contribution in [0, 0.1) is 0 Å². The summed E-state index contributed by atoms with van der Waals surface area (Å²) in [5, 5.41) is 12.5. The van der Waals surface area contributed by atoms with Gasteiger partial charge in [-0.2, -0.15) is 10.2 Å². The molecule has 96 valence electrons. The van der Waals surface area contributed by atoms with E-state index in [1.807, 2.05) is 16.7 Å². The van der Waals surface area contributed by atoms with Gasteiger partial charge in [-0.3, -0.25) is 4.79 Å². The van der Waals surface area contributed by atoms with Crippen LogP contribution in [-0.4, -0.2) is 24.7 Å². The summed E-state index contributed by atoms with van der Waals surface area (Å²) < 4.78 is 1.87. The lowest BCUT2D eigenvalue weighted by Crippen LogP contribution is -2.07. The molecule has 3 heterocycles. The summed E-state index contributed by atoms with van der Waals surface area (Å²) in [4.78, 5) is 16.8. The summed E-state index contributed by atoms with van der Waals surface area (Å²) in [6.45, 7) is 0. The number of aromatic nitrogens is 5. The molecule has 6 nitrogen and oxygen atoms in total. The Morgan fingerprint density at radius 2 is 2.26 bits per heavy atom. The van der Waals surface area contributed by atoms with E-state index >= 15 is 0 Å². The van der Waals surface area contributed by atoms with Crippen LogP contribution in [0.15, 0.2) is 45.6 Å². The number of nitrogens with one attached hydrogen (secondary N) is 1. The second kappa shape index (κ2) is 5.56. The van der Waals surface area contributed by atoms with Crippen molar-refractivity contribution in [2.24, 2.45) is 0 Å². The zero-order valence-electron chi connectivity index (χ0n) is 9.37. The predicted molar refractivity (Wildman–Crippen MR) is 84.2 cm³/mol. The molecule has 0 aliphatic heterocycles. The zero-order valence-corrected chi connectivity index (χ0v) is 13.3. The molecular weight excluding hydrogens is 396 g/mol. The Labute approximate surface area is 126 Å². The summed E-state index contributed by atoms with van der Waals surface area (Å²) in [7, 11) is 0. The topological polar surface area (TPSA) is 76.5 Å². The van der Waals surface area contributed by atoms with Crippen LogP contribution in [0.25, 0.3) is 10.8 Å². The van der Waals surface area contributed by atoms with Gasteiger partial charge in [0.1, 0.15) is 5.03 Å². The normalized spacial score (nSPS) is 11.6. The van der Waals surface area contributed by atoms with Crippen LogP contribution in [0.2, 0.25) is 0 Å². The Hall–Kier alpha value is -0.990. The molecular formula is C10H7IN5OPS. The highest BCUT2D eigenvalue weighted by atomic mass is 127. The van der Waals surface area contributed by atoms with Crippen molar-refractivity contribution < 1.29 is 0 Å². The van der Waals surface area contributed by atoms with Gasteiger partial charge in [0.2, 0.25) is 0 Å². The molecule has 3 rings (SSSR count). The molecule has 0 saturated carbocycles. The Kier molecular flexibility index (Phi) is 3.81. The van der Waals surface area contributed by atoms with Crippen LogP contribution in [0.4, 0.5) is 0 Å². The van der Waals surface area contributed by atoms with Gasteiger partial charge in [0, 0.05) is 17.8 Å². The number of rotatable bonds is 3. The maximum atomic E-state index is 11.5. The van der Waals surface area contributed by atoms with E-state index in [-0.39, 0.29) is 5.56 Å². The van der Waals surface area contributed by atoms with E-state index in [4.69, 9.17) is 0 Å². The molecule has 9 heteroatoms. The van der Waals surface area contributed by atoms with Crippen LogP contribution in [0.5, 0.6) is 0 Å². The Bertz CT molecular complexity index is 789. The van der Waals surface area contributed by atoms with Crippen LogP contribution in [-0.2, 0) is 0 Å². The van der Waals surface area contributed by atoms with Crippen molar-refractivity contribution >= 4 is 50.9 Å². The molecule has 3 aromatic heterocycles. The maximum Gasteiger partial charge on any atom is 0.273 e. The first-order valence-corrected chi connectivity index (χ1v) is 10.1. The molecule has 0 aliphatic carbocycles. The highest BCUT2D eigenvalue weighted by Crippen LogP contribution is 2.30. The number of fused-ring (bicyclic) bond motifs is 1. The number of hydrogen-bond donors (Lipinski definition) is 1. The average molecular weight is 403 g/mol. The monoisotopic (exact) mass is 403 g/mol. The first kappa shape index (κ1) is 13.0. The van der Waals surface area contributed by atoms with Gasteiger partial charge in [-0.15, -0.1) is 0 Å². The highest BCUT2D eigenvalue weighted by molar-refractivity contribution is 14.2. The minimum atomic E-state index is -0.222. The molecule has 0 aliphatic rings. The van der Waals surface area contributed by atoms with Crippen molar-refractivity contribution in [3.63, 3.8) is 0 Å². The van der Waals surface area contributed by atoms with E-state index in [9.17, 15) is 4.79 Å². The van der Waals surface area contributed by atoms with Crippen LogP contribution >= 0.6 is 40.2 Å². The molecule has 1 N–H and O–H groups in total. The van der Waals surface area contributed by atoms with Gasteiger partial charge >= 0.3 is 0 Å². The fourth-order valence-corrected chi connectivity index (χ4v) is 3.51. The number of aromatic amines is 1. The summed E-state index contributed by atoms with van der Waals surface area (Å²) in [6, 6.07) is 1.85. The van der Waals surface area contributed by atoms with E-state index in [2.05, 4.69) is 42.3 Å². The van der Waals surface area contributed by atoms with Crippen molar-refractivity contribution in [2.75, 3.05) is 0 Å². The number of pyridine rings is 1. The van der Waals surface area contributed by atoms with Crippen molar-refractivity contribution in [2.45, 2.75) is 9.92 Å². The quantitative estimate of drug-likeness (QED) is 0.537. The average Bonchev–Trinajstić information content (AvgIpc) is 2.86. The van der Waals surface area contributed by atoms with E-state index in [0.717, 1.165) is 15.3 Å². The third-order valence-corrected chi connectivity index (χ3v) is 5.17. The van der Waals surface area contributed by atoms with Crippen molar-refractivity contribution in [1.29, 1.82) is 0 Å². The molecule has 1 atom stereocenters. The summed E-state index contributed by atoms with van der Waals surface area (Å²) in [5.74, 6) is 0. The number of halogens is 1. The molecule has 0 bridgehead atoms. The summed E-state index contributed by atoms with van der Waals surface area (Å²) >= 11 is 3.78. The van der Waals surface area contributed by atoms with E-state index in [1.54, 1.807) is 18.6 Å². The van der Waals surface area contributed by atoms with Gasteiger partial charge in [0.15, 0.2) is 0 Å². The van der Waals surface area contributed by atoms with Gasteiger partial charge in [0.25, 0.3) is 5.56 Å². The minimum Gasteiger partial charge on any atom is -0.267 e. The second-order valence-electron chi connectivity index (χ2n) is 3.62. The second-order valence-corrected chi connectivity index (χ2v) is 6.78. The molecule has 0 spiro atoms. The predicted octanol–water partition coefficient (Wildman–Crippen LogP) is 2.46. The SMILES string of the molecule is O=c1[nH]ncc2cc(Sc3cnn(PI)c3)ncc12. The number of H-pyrrole nitrogens is 1. The van der Waals surface area contributed by atoms with Crippen LogP contribution in [0.3, 0.4) is 0 Å². The third kappa shape index (κ3) is 2.80. The largest absolute Gasteiger partial charge is 0.273 e. The zero-order chi connectivity index (χ0) is 13.2. The van der Waals surface area contributed by atoms with Gasteiger partial charge in [0.05, 0.1) is 29.0 Å². The van der Waals surface area contributed by atoms with Gasteiger partial charge in [-0.05, 0) is 28.1 Å². The van der Waals surface area contributed by atoms with E-state index < -0.39 is 0 Å². The summed E-state index contributed by atoms with van der Waals surface area (Å²) in [6.07, 6.45) is 7.55. The van der Waals surface area contributed by atoms with Crippen LogP contribution in [0.1, 0.15) is 0 Å². The number of nitrogens with zero attached hydrogens (tertiary/aromatic N) is 4. The highest BCUT2D eigenvalue weighted by Gasteiger charge is 2.05. The van der Waals surface area contributed by atoms with Gasteiger partial charge < -0.3 is 0 Å². The van der Waals surface area contributed by atoms with Crippen molar-refractivity contribution in [1.82, 2.24) is 24.7 Å². The summed E-state index contributed by atoms with van der Waals surface area (Å²) in [5.41, 5.74) is -0.222. The molecule has 1 unspecified atom stereocenters. The van der Waals surface area contributed by atoms with Gasteiger partial charge in [-0.25, -0.2) is 14.5 Å². The fourth-order valence-electron chi connectivity index (χ4n) is 1.55. The first-order valence-electron chi connectivity index (χ1n) is 5.19. The molecule has 0 aromatic carbocycles. The van der Waals surface area contributed by atoms with Crippen molar-refractivity contribution in [3.05, 3.63) is 41.2 Å². The molecule has 0 amide bonds. The maximum absolute atomic E-state index is 11.5. The van der Waals surface area contributed by atoms with Crippen molar-refractivity contribution in [3.8, 4) is 0 Å². The lowest BCUT2D eigenvalue weighted by molar-refractivity contribution is 1.00. The first-order chi connectivity index (χ1) is 9.26. The number of hydrogen-bond acceptors (Lipinski definition) is 5. The third-order valence-electron chi connectivity index (χ3n) is 2.39. The van der Waals surface area contributed by atoms with Crippen LogP contribution < -0.4 is 5.56 Å². The standard InChI is InChI=1S/C10H7IN5OPS/c11-18-16-5-7(3-14-16)19-9-1-6-2-13-15-10(17)8(6)4-12-9/h1-5,18H,(H,15,17). The molecule has 0 saturated heterocycles.